The normalized spacial score (nSPS) is 12.0. The molecule has 0 amide bonds. The maximum atomic E-state index is 3.16. The molecule has 0 nitrogen and oxygen atoms in total. The first-order valence-electron chi connectivity index (χ1n) is 6.17. The van der Waals surface area contributed by atoms with Gasteiger partial charge in [0.25, 0.3) is 0 Å². The van der Waals surface area contributed by atoms with Crippen LogP contribution in [-0.2, 0) is 0 Å². The summed E-state index contributed by atoms with van der Waals surface area (Å²) in [6.45, 7) is 4.58. The molecule has 0 rings (SSSR count). The van der Waals surface area contributed by atoms with Gasteiger partial charge in [-0.25, -0.2) is 0 Å². The molecular weight excluding hydrogens is 206 g/mol. The van der Waals surface area contributed by atoms with Crippen molar-refractivity contribution in [2.45, 2.75) is 70.4 Å². The Morgan fingerprint density at radius 3 is 1.64 bits per heavy atom. The number of hydrogen-bond donors (Lipinski definition) is 0. The molecule has 0 fully saturated rings. The Morgan fingerprint density at radius 1 is 0.857 bits per heavy atom. The van der Waals surface area contributed by atoms with Crippen LogP contribution in [0.2, 0.25) is 0 Å². The van der Waals surface area contributed by atoms with Crippen LogP contribution in [0.5, 0.6) is 0 Å². The van der Waals surface area contributed by atoms with E-state index in [1.807, 2.05) is 0 Å². The minimum absolute atomic E-state index is 0.558. The van der Waals surface area contributed by atoms with Gasteiger partial charge in [-0.05, 0) is 37.0 Å². The first kappa shape index (κ1) is 14.9. The van der Waals surface area contributed by atoms with E-state index in [2.05, 4.69) is 32.3 Å². The van der Waals surface area contributed by atoms with Gasteiger partial charge in [0.05, 0.1) is 0 Å². The summed E-state index contributed by atoms with van der Waals surface area (Å²) in [5.74, 6) is 0. The fraction of sp³-hybridized carbons (Fsp3) is 1.00. The van der Waals surface area contributed by atoms with Gasteiger partial charge in [-0.1, -0.05) is 39.5 Å². The van der Waals surface area contributed by atoms with Crippen molar-refractivity contribution in [3.8, 4) is 0 Å². The molecule has 0 aromatic heterocycles. The predicted molar refractivity (Wildman–Crippen MR) is 75.3 cm³/mol. The van der Waals surface area contributed by atoms with E-state index in [1.165, 1.54) is 57.5 Å². The Balaban J connectivity index is 3.89. The minimum Gasteiger partial charge on any atom is -0.138 e. The summed E-state index contributed by atoms with van der Waals surface area (Å²) in [6.07, 6.45) is 12.3. The monoisotopic (exact) mass is 234 g/mol. The molecule has 86 valence electrons. The predicted octanol–water partition coefficient (Wildman–Crippen LogP) is 4.64. The summed E-state index contributed by atoms with van der Waals surface area (Å²) in [6, 6.07) is 0. The molecule has 0 aromatic carbocycles. The first-order valence-corrected chi connectivity index (χ1v) is 7.57. The Kier molecular flexibility index (Phi) is 9.67. The van der Waals surface area contributed by atoms with Crippen LogP contribution < -0.4 is 0 Å². The lowest BCUT2D eigenvalue weighted by atomic mass is 9.90. The zero-order chi connectivity index (χ0) is 10.9. The zero-order valence-electron chi connectivity index (χ0n) is 10.0. The van der Waals surface area contributed by atoms with E-state index in [0.29, 0.717) is 5.16 Å². The molecule has 0 aromatic rings. The van der Waals surface area contributed by atoms with Crippen LogP contribution >= 0.6 is 18.5 Å². The Labute approximate surface area is 95.4 Å². The fourth-order valence-electron chi connectivity index (χ4n) is 1.89. The average Bonchev–Trinajstić information content (AvgIpc) is 2.21. The largest absolute Gasteiger partial charge is 0.138 e. The molecule has 0 aliphatic carbocycles. The van der Waals surface area contributed by atoms with E-state index in [-0.39, 0.29) is 0 Å². The standard InChI is InChI=1S/C12H28P2/c1-3-5-8-12(14,9-6-4-2)10-7-11-13/h3-11,13-14H2,1-2H3. The van der Waals surface area contributed by atoms with Crippen LogP contribution in [0.3, 0.4) is 0 Å². The van der Waals surface area contributed by atoms with Crippen molar-refractivity contribution >= 4 is 18.5 Å². The van der Waals surface area contributed by atoms with Crippen molar-refractivity contribution in [3.63, 3.8) is 0 Å². The summed E-state index contributed by atoms with van der Waals surface area (Å²) >= 11 is 0. The van der Waals surface area contributed by atoms with E-state index in [0.717, 1.165) is 0 Å². The molecule has 0 spiro atoms. The van der Waals surface area contributed by atoms with Crippen LogP contribution in [0, 0.1) is 0 Å². The lowest BCUT2D eigenvalue weighted by Crippen LogP contribution is -2.20. The van der Waals surface area contributed by atoms with Crippen molar-refractivity contribution < 1.29 is 0 Å². The molecule has 2 atom stereocenters. The summed E-state index contributed by atoms with van der Waals surface area (Å²) in [4.78, 5) is 0. The quantitative estimate of drug-likeness (QED) is 0.510. The molecule has 0 aliphatic heterocycles. The second-order valence-corrected chi connectivity index (χ2v) is 6.26. The minimum atomic E-state index is 0.558. The number of rotatable bonds is 9. The molecule has 0 heterocycles. The van der Waals surface area contributed by atoms with Gasteiger partial charge in [-0.15, -0.1) is 18.5 Å². The molecule has 0 N–H and O–H groups in total. The van der Waals surface area contributed by atoms with Gasteiger partial charge in [0, 0.05) is 0 Å². The van der Waals surface area contributed by atoms with Gasteiger partial charge >= 0.3 is 0 Å². The van der Waals surface area contributed by atoms with E-state index < -0.39 is 0 Å². The Morgan fingerprint density at radius 2 is 1.29 bits per heavy atom. The first-order chi connectivity index (χ1) is 6.68. The molecule has 14 heavy (non-hydrogen) atoms. The van der Waals surface area contributed by atoms with Crippen molar-refractivity contribution in [2.75, 3.05) is 6.16 Å². The van der Waals surface area contributed by atoms with Gasteiger partial charge < -0.3 is 0 Å². The second-order valence-electron chi connectivity index (χ2n) is 4.46. The number of unbranched alkanes of at least 4 members (excludes halogenated alkanes) is 2. The SMILES string of the molecule is CCCCC(P)(CCCC)CCCP. The van der Waals surface area contributed by atoms with Gasteiger partial charge in [0.1, 0.15) is 0 Å². The van der Waals surface area contributed by atoms with Gasteiger partial charge in [0.2, 0.25) is 0 Å². The highest BCUT2D eigenvalue weighted by molar-refractivity contribution is 7.19. The van der Waals surface area contributed by atoms with E-state index >= 15 is 0 Å². The second kappa shape index (κ2) is 9.11. The van der Waals surface area contributed by atoms with Crippen molar-refractivity contribution in [1.29, 1.82) is 0 Å². The third-order valence-corrected chi connectivity index (χ3v) is 4.21. The highest BCUT2D eigenvalue weighted by Gasteiger charge is 2.22. The number of hydrogen-bond acceptors (Lipinski definition) is 0. The summed E-state index contributed by atoms with van der Waals surface area (Å²) in [5.41, 5.74) is 0. The van der Waals surface area contributed by atoms with Crippen molar-refractivity contribution in [1.82, 2.24) is 0 Å². The third-order valence-electron chi connectivity index (χ3n) is 2.94. The van der Waals surface area contributed by atoms with Crippen LogP contribution in [-0.4, -0.2) is 11.3 Å². The van der Waals surface area contributed by atoms with Crippen molar-refractivity contribution in [3.05, 3.63) is 0 Å². The molecule has 2 heteroatoms. The topological polar surface area (TPSA) is 0 Å². The lowest BCUT2D eigenvalue weighted by Gasteiger charge is -2.29. The fourth-order valence-corrected chi connectivity index (χ4v) is 2.70. The maximum Gasteiger partial charge on any atom is -0.0150 e. The van der Waals surface area contributed by atoms with Crippen molar-refractivity contribution in [2.24, 2.45) is 0 Å². The maximum absolute atomic E-state index is 3.16. The smallest absolute Gasteiger partial charge is 0.0150 e. The van der Waals surface area contributed by atoms with Crippen LogP contribution in [0.15, 0.2) is 0 Å². The summed E-state index contributed by atoms with van der Waals surface area (Å²) < 4.78 is 0. The molecule has 0 saturated carbocycles. The summed E-state index contributed by atoms with van der Waals surface area (Å²) in [7, 11) is 6.00. The summed E-state index contributed by atoms with van der Waals surface area (Å²) in [5, 5.41) is 0.558. The zero-order valence-corrected chi connectivity index (χ0v) is 12.3. The van der Waals surface area contributed by atoms with Crippen LogP contribution in [0.1, 0.15) is 65.2 Å². The molecule has 0 radical (unpaired) electrons. The van der Waals surface area contributed by atoms with Gasteiger partial charge in [0.15, 0.2) is 0 Å². The van der Waals surface area contributed by atoms with E-state index in [1.54, 1.807) is 0 Å². The van der Waals surface area contributed by atoms with Gasteiger partial charge in [-0.3, -0.25) is 0 Å². The molecular formula is C12H28P2. The molecule has 0 saturated heterocycles. The Bertz CT molecular complexity index is 102. The van der Waals surface area contributed by atoms with Crippen LogP contribution in [0.4, 0.5) is 0 Å². The Hall–Kier alpha value is 0.860. The highest BCUT2D eigenvalue weighted by atomic mass is 31.0. The highest BCUT2D eigenvalue weighted by Crippen LogP contribution is 2.35. The van der Waals surface area contributed by atoms with Crippen LogP contribution in [0.25, 0.3) is 0 Å². The van der Waals surface area contributed by atoms with Gasteiger partial charge in [-0.2, -0.15) is 0 Å². The lowest BCUT2D eigenvalue weighted by molar-refractivity contribution is 0.434. The van der Waals surface area contributed by atoms with E-state index in [4.69, 9.17) is 0 Å². The third kappa shape index (κ3) is 7.19. The molecule has 2 unspecified atom stereocenters. The average molecular weight is 234 g/mol. The molecule has 0 aliphatic rings. The van der Waals surface area contributed by atoms with E-state index in [9.17, 15) is 0 Å². The molecule has 0 bridgehead atoms.